The Labute approximate surface area is 95.8 Å². The molecule has 0 spiro atoms. The van der Waals surface area contributed by atoms with Gasteiger partial charge in [0.05, 0.1) is 0 Å². The molecule has 0 aliphatic heterocycles. The summed E-state index contributed by atoms with van der Waals surface area (Å²) in [6, 6.07) is 6.03. The highest BCUT2D eigenvalue weighted by Crippen LogP contribution is 2.18. The van der Waals surface area contributed by atoms with Crippen molar-refractivity contribution >= 4 is 23.2 Å². The van der Waals surface area contributed by atoms with Gasteiger partial charge in [-0.1, -0.05) is 6.07 Å². The Hall–Kier alpha value is -1.02. The number of hydrogen-bond acceptors (Lipinski definition) is 1. The van der Waals surface area contributed by atoms with Gasteiger partial charge in [-0.2, -0.15) is 0 Å². The molecule has 1 aromatic carbocycles. The minimum Gasteiger partial charge on any atom is -0.314 e. The molecule has 0 aliphatic rings. The average molecular weight is 226 g/mol. The zero-order chi connectivity index (χ0) is 11.6. The fraction of sp³-hybridized carbons (Fsp3) is 0.417. The maximum absolute atomic E-state index is 11.7. The van der Waals surface area contributed by atoms with Crippen LogP contribution in [0.1, 0.15) is 18.1 Å². The molecule has 15 heavy (non-hydrogen) atoms. The molecule has 0 aromatic heterocycles. The van der Waals surface area contributed by atoms with Crippen LogP contribution in [0.5, 0.6) is 0 Å². The molecule has 1 amide bonds. The number of hydrogen-bond donors (Lipinski definition) is 0. The first-order valence-corrected chi connectivity index (χ1v) is 5.35. The van der Waals surface area contributed by atoms with E-state index >= 15 is 0 Å². The molecule has 1 atom stereocenters. The lowest BCUT2D eigenvalue weighted by Crippen LogP contribution is -2.32. The second kappa shape index (κ2) is 4.67. The molecule has 0 saturated heterocycles. The van der Waals surface area contributed by atoms with Crippen LogP contribution >= 0.6 is 11.6 Å². The molecule has 0 heterocycles. The quantitative estimate of drug-likeness (QED) is 0.709. The van der Waals surface area contributed by atoms with Crippen molar-refractivity contribution < 1.29 is 4.79 Å². The highest BCUT2D eigenvalue weighted by Gasteiger charge is 2.16. The van der Waals surface area contributed by atoms with Gasteiger partial charge in [0.25, 0.3) is 0 Å². The van der Waals surface area contributed by atoms with Crippen LogP contribution in [0.4, 0.5) is 5.69 Å². The molecule has 0 saturated carbocycles. The minimum atomic E-state index is -0.490. The Morgan fingerprint density at radius 3 is 2.13 bits per heavy atom. The van der Waals surface area contributed by atoms with E-state index in [9.17, 15) is 4.79 Å². The Bertz CT molecular complexity index is 354. The summed E-state index contributed by atoms with van der Waals surface area (Å²) in [7, 11) is 1.75. The van der Waals surface area contributed by atoms with Gasteiger partial charge in [0.15, 0.2) is 0 Å². The van der Waals surface area contributed by atoms with Crippen molar-refractivity contribution in [1.29, 1.82) is 0 Å². The van der Waals surface area contributed by atoms with Crippen molar-refractivity contribution in [2.75, 3.05) is 11.9 Å². The molecule has 0 bridgehead atoms. The topological polar surface area (TPSA) is 20.3 Å². The third-order valence-corrected chi connectivity index (χ3v) is 2.45. The summed E-state index contributed by atoms with van der Waals surface area (Å²) >= 11 is 5.76. The number of anilines is 1. The molecule has 0 N–H and O–H groups in total. The molecule has 1 unspecified atom stereocenters. The Kier molecular flexibility index (Phi) is 3.75. The van der Waals surface area contributed by atoms with Crippen LogP contribution in [0.15, 0.2) is 18.2 Å². The first-order valence-electron chi connectivity index (χ1n) is 4.91. The standard InChI is InChI=1S/C12H16ClNO/c1-8-5-9(2)7-11(6-8)14(4)12(15)10(3)13/h5-7,10H,1-4H3. The summed E-state index contributed by atoms with van der Waals surface area (Å²) in [5, 5.41) is -0.490. The van der Waals surface area contributed by atoms with E-state index in [0.29, 0.717) is 0 Å². The summed E-state index contributed by atoms with van der Waals surface area (Å²) in [4.78, 5) is 13.3. The maximum atomic E-state index is 11.7. The van der Waals surface area contributed by atoms with E-state index in [1.807, 2.05) is 26.0 Å². The van der Waals surface area contributed by atoms with Gasteiger partial charge in [-0.3, -0.25) is 4.79 Å². The van der Waals surface area contributed by atoms with Crippen molar-refractivity contribution in [2.45, 2.75) is 26.1 Å². The van der Waals surface area contributed by atoms with Crippen molar-refractivity contribution in [2.24, 2.45) is 0 Å². The zero-order valence-electron chi connectivity index (χ0n) is 9.54. The van der Waals surface area contributed by atoms with Gasteiger partial charge in [-0.05, 0) is 44.0 Å². The SMILES string of the molecule is Cc1cc(C)cc(N(C)C(=O)C(C)Cl)c1. The molecule has 3 heteroatoms. The van der Waals surface area contributed by atoms with Gasteiger partial charge in [-0.15, -0.1) is 11.6 Å². The lowest BCUT2D eigenvalue weighted by Gasteiger charge is -2.19. The summed E-state index contributed by atoms with van der Waals surface area (Å²) < 4.78 is 0. The third kappa shape index (κ3) is 2.96. The minimum absolute atomic E-state index is 0.0818. The second-order valence-corrected chi connectivity index (χ2v) is 4.51. The number of nitrogens with zero attached hydrogens (tertiary/aromatic N) is 1. The van der Waals surface area contributed by atoms with Gasteiger partial charge >= 0.3 is 0 Å². The van der Waals surface area contributed by atoms with E-state index in [-0.39, 0.29) is 5.91 Å². The Balaban J connectivity index is 3.00. The number of carbonyl (C=O) groups excluding carboxylic acids is 1. The predicted octanol–water partition coefficient (Wildman–Crippen LogP) is 2.89. The van der Waals surface area contributed by atoms with Gasteiger partial charge in [0.2, 0.25) is 5.91 Å². The summed E-state index contributed by atoms with van der Waals surface area (Å²) in [6.07, 6.45) is 0. The third-order valence-electron chi connectivity index (χ3n) is 2.26. The van der Waals surface area contributed by atoms with Crippen LogP contribution in [-0.4, -0.2) is 18.3 Å². The van der Waals surface area contributed by atoms with Gasteiger partial charge in [-0.25, -0.2) is 0 Å². The molecule has 0 fully saturated rings. The van der Waals surface area contributed by atoms with Crippen LogP contribution in [0.25, 0.3) is 0 Å². The van der Waals surface area contributed by atoms with Crippen LogP contribution in [-0.2, 0) is 4.79 Å². The van der Waals surface area contributed by atoms with Crippen molar-refractivity contribution in [3.63, 3.8) is 0 Å². The van der Waals surface area contributed by atoms with E-state index < -0.39 is 5.38 Å². The number of aryl methyl sites for hydroxylation is 2. The average Bonchev–Trinajstić information content (AvgIpc) is 2.13. The number of halogens is 1. The Morgan fingerprint density at radius 1 is 1.27 bits per heavy atom. The molecule has 2 nitrogen and oxygen atoms in total. The first-order chi connectivity index (χ1) is 6.91. The molecular weight excluding hydrogens is 210 g/mol. The molecule has 1 rings (SSSR count). The predicted molar refractivity (Wildman–Crippen MR) is 64.6 cm³/mol. The first kappa shape index (κ1) is 12.1. The smallest absolute Gasteiger partial charge is 0.244 e. The maximum Gasteiger partial charge on any atom is 0.244 e. The van der Waals surface area contributed by atoms with Crippen molar-refractivity contribution in [3.05, 3.63) is 29.3 Å². The van der Waals surface area contributed by atoms with Gasteiger partial charge in [0, 0.05) is 12.7 Å². The number of benzene rings is 1. The molecular formula is C12H16ClNO. The number of amides is 1. The van der Waals surface area contributed by atoms with Crippen LogP contribution in [0, 0.1) is 13.8 Å². The normalized spacial score (nSPS) is 12.3. The zero-order valence-corrected chi connectivity index (χ0v) is 10.3. The molecule has 0 aliphatic carbocycles. The van der Waals surface area contributed by atoms with Crippen molar-refractivity contribution in [1.82, 2.24) is 0 Å². The Morgan fingerprint density at radius 2 is 1.73 bits per heavy atom. The summed E-state index contributed by atoms with van der Waals surface area (Å²) in [5.41, 5.74) is 3.18. The van der Waals surface area contributed by atoms with Crippen LogP contribution < -0.4 is 4.90 Å². The largest absolute Gasteiger partial charge is 0.314 e. The number of carbonyl (C=O) groups is 1. The lowest BCUT2D eigenvalue weighted by atomic mass is 10.1. The summed E-state index contributed by atoms with van der Waals surface area (Å²) in [6.45, 7) is 5.71. The summed E-state index contributed by atoms with van der Waals surface area (Å²) in [5.74, 6) is -0.0818. The fourth-order valence-corrected chi connectivity index (χ4v) is 1.68. The lowest BCUT2D eigenvalue weighted by molar-refractivity contribution is -0.117. The fourth-order valence-electron chi connectivity index (χ4n) is 1.54. The van der Waals surface area contributed by atoms with Crippen LogP contribution in [0.2, 0.25) is 0 Å². The van der Waals surface area contributed by atoms with E-state index in [1.54, 1.807) is 18.9 Å². The molecule has 1 aromatic rings. The van der Waals surface area contributed by atoms with Gasteiger partial charge in [0.1, 0.15) is 5.38 Å². The van der Waals surface area contributed by atoms with E-state index in [4.69, 9.17) is 11.6 Å². The number of alkyl halides is 1. The second-order valence-electron chi connectivity index (χ2n) is 3.86. The van der Waals surface area contributed by atoms with E-state index in [2.05, 4.69) is 6.07 Å². The molecule has 82 valence electrons. The number of rotatable bonds is 2. The van der Waals surface area contributed by atoms with Crippen molar-refractivity contribution in [3.8, 4) is 0 Å². The van der Waals surface area contributed by atoms with Gasteiger partial charge < -0.3 is 4.90 Å². The van der Waals surface area contributed by atoms with E-state index in [0.717, 1.165) is 16.8 Å². The van der Waals surface area contributed by atoms with E-state index in [1.165, 1.54) is 0 Å². The van der Waals surface area contributed by atoms with Crippen LogP contribution in [0.3, 0.4) is 0 Å². The highest BCUT2D eigenvalue weighted by molar-refractivity contribution is 6.32. The highest BCUT2D eigenvalue weighted by atomic mass is 35.5. The molecule has 0 radical (unpaired) electrons. The monoisotopic (exact) mass is 225 g/mol.